The number of carbonyl (C=O) groups is 1. The molecule has 3 aromatic rings. The van der Waals surface area contributed by atoms with Gasteiger partial charge in [-0.25, -0.2) is 0 Å². The van der Waals surface area contributed by atoms with Crippen molar-refractivity contribution in [2.24, 2.45) is 0 Å². The molecule has 1 aliphatic rings. The van der Waals surface area contributed by atoms with Gasteiger partial charge in [0.15, 0.2) is 0 Å². The van der Waals surface area contributed by atoms with Crippen LogP contribution in [-0.2, 0) is 16.0 Å². The summed E-state index contributed by atoms with van der Waals surface area (Å²) in [6.45, 7) is 3.91. The smallest absolute Gasteiger partial charge is 0.246 e. The van der Waals surface area contributed by atoms with E-state index in [0.717, 1.165) is 46.0 Å². The number of hydrogen-bond acceptors (Lipinski definition) is 7. The maximum atomic E-state index is 12.1. The Kier molecular flexibility index (Phi) is 7.02. The summed E-state index contributed by atoms with van der Waals surface area (Å²) in [6, 6.07) is 13.8. The largest absolute Gasteiger partial charge is 0.490 e. The van der Waals surface area contributed by atoms with Gasteiger partial charge in [0.2, 0.25) is 5.91 Å². The zero-order valence-electron chi connectivity index (χ0n) is 18.9. The summed E-state index contributed by atoms with van der Waals surface area (Å²) < 4.78 is 10.7. The Morgan fingerprint density at radius 1 is 1.27 bits per heavy atom. The molecule has 0 bridgehead atoms. The van der Waals surface area contributed by atoms with E-state index in [1.165, 1.54) is 24.0 Å². The van der Waals surface area contributed by atoms with Crippen molar-refractivity contribution in [2.75, 3.05) is 13.7 Å². The number of rotatable bonds is 7. The molecule has 1 unspecified atom stereocenters. The van der Waals surface area contributed by atoms with E-state index < -0.39 is 0 Å². The highest BCUT2D eigenvalue weighted by molar-refractivity contribution is 7.17. The summed E-state index contributed by atoms with van der Waals surface area (Å²) in [7, 11) is 1.52. The van der Waals surface area contributed by atoms with E-state index in [1.807, 2.05) is 32.0 Å². The number of aromatic nitrogens is 2. The third kappa shape index (κ3) is 5.05. The summed E-state index contributed by atoms with van der Waals surface area (Å²) in [5.41, 5.74) is 4.68. The van der Waals surface area contributed by atoms with Crippen molar-refractivity contribution < 1.29 is 14.3 Å². The Morgan fingerprint density at radius 3 is 2.85 bits per heavy atom. The molecule has 1 amide bonds. The molecule has 0 aliphatic heterocycles. The Bertz CT molecular complexity index is 1200. The van der Waals surface area contributed by atoms with Gasteiger partial charge in [0, 0.05) is 18.2 Å². The number of nitrogens with one attached hydrogen (secondary N) is 1. The fourth-order valence-electron chi connectivity index (χ4n) is 4.12. The SMILES string of the molecule is COCC(=O)NC1CCCc2c(-c3nnc(-c4ccc(OC(C)C)c(C#N)c4)s3)cccc21. The van der Waals surface area contributed by atoms with E-state index in [1.54, 1.807) is 6.07 Å². The molecular formula is C25H26N4O3S. The van der Waals surface area contributed by atoms with Crippen LogP contribution >= 0.6 is 11.3 Å². The maximum Gasteiger partial charge on any atom is 0.246 e. The summed E-state index contributed by atoms with van der Waals surface area (Å²) in [4.78, 5) is 12.1. The number of carbonyl (C=O) groups excluding carboxylic acids is 1. The van der Waals surface area contributed by atoms with Gasteiger partial charge < -0.3 is 14.8 Å². The molecule has 0 radical (unpaired) electrons. The van der Waals surface area contributed by atoms with Crippen LogP contribution in [0, 0.1) is 11.3 Å². The summed E-state index contributed by atoms with van der Waals surface area (Å²) in [5.74, 6) is 0.455. The Labute approximate surface area is 197 Å². The zero-order chi connectivity index (χ0) is 23.4. The number of nitriles is 1. The molecule has 0 fully saturated rings. The first-order chi connectivity index (χ1) is 16.0. The van der Waals surface area contributed by atoms with E-state index in [-0.39, 0.29) is 24.7 Å². The highest BCUT2D eigenvalue weighted by Crippen LogP contribution is 2.39. The van der Waals surface area contributed by atoms with Gasteiger partial charge in [-0.15, -0.1) is 10.2 Å². The minimum atomic E-state index is -0.114. The van der Waals surface area contributed by atoms with Gasteiger partial charge in [-0.3, -0.25) is 4.79 Å². The highest BCUT2D eigenvalue weighted by Gasteiger charge is 2.25. The molecule has 1 aliphatic carbocycles. The molecule has 4 rings (SSSR count). The molecule has 2 aromatic carbocycles. The van der Waals surface area contributed by atoms with Crippen LogP contribution in [0.2, 0.25) is 0 Å². The molecule has 1 aromatic heterocycles. The van der Waals surface area contributed by atoms with Crippen molar-refractivity contribution in [3.05, 3.63) is 53.1 Å². The van der Waals surface area contributed by atoms with Crippen LogP contribution in [0.25, 0.3) is 21.1 Å². The first-order valence-electron chi connectivity index (χ1n) is 10.9. The molecule has 0 saturated heterocycles. The standard InChI is InChI=1S/C25H26N4O3S/c1-15(2)32-22-11-10-16(12-17(22)13-26)24-28-29-25(33-24)20-8-4-7-19-18(20)6-5-9-21(19)27-23(30)14-31-3/h4,7-8,10-12,15,21H,5-6,9,14H2,1-3H3,(H,27,30). The van der Waals surface area contributed by atoms with Crippen molar-refractivity contribution in [2.45, 2.75) is 45.3 Å². The number of fused-ring (bicyclic) bond motifs is 1. The van der Waals surface area contributed by atoms with Crippen LogP contribution in [-0.4, -0.2) is 35.9 Å². The van der Waals surface area contributed by atoms with Crippen LogP contribution in [0.3, 0.4) is 0 Å². The quantitative estimate of drug-likeness (QED) is 0.548. The third-order valence-corrected chi connectivity index (χ3v) is 6.49. The molecule has 0 saturated carbocycles. The van der Waals surface area contributed by atoms with Crippen LogP contribution in [0.15, 0.2) is 36.4 Å². The Morgan fingerprint density at radius 2 is 2.09 bits per heavy atom. The second-order valence-corrected chi connectivity index (χ2v) is 9.20. The number of benzene rings is 2. The van der Waals surface area contributed by atoms with Crippen molar-refractivity contribution in [1.29, 1.82) is 5.26 Å². The number of ether oxygens (including phenoxy) is 2. The van der Waals surface area contributed by atoms with Gasteiger partial charge in [0.05, 0.1) is 17.7 Å². The summed E-state index contributed by atoms with van der Waals surface area (Å²) >= 11 is 1.49. The number of hydrogen-bond donors (Lipinski definition) is 1. The lowest BCUT2D eigenvalue weighted by molar-refractivity contribution is -0.125. The molecule has 1 atom stereocenters. The van der Waals surface area contributed by atoms with Crippen molar-refractivity contribution in [1.82, 2.24) is 15.5 Å². The van der Waals surface area contributed by atoms with Crippen molar-refractivity contribution >= 4 is 17.2 Å². The first kappa shape index (κ1) is 22.9. The predicted octanol–water partition coefficient (Wildman–Crippen LogP) is 4.67. The minimum Gasteiger partial charge on any atom is -0.490 e. The molecule has 7 nitrogen and oxygen atoms in total. The molecule has 0 spiro atoms. The third-order valence-electron chi connectivity index (χ3n) is 5.48. The normalized spacial score (nSPS) is 15.1. The van der Waals surface area contributed by atoms with Gasteiger partial charge in [-0.1, -0.05) is 29.5 Å². The summed E-state index contributed by atoms with van der Waals surface area (Å²) in [5, 5.41) is 23.0. The molecule has 1 heterocycles. The van der Waals surface area contributed by atoms with Crippen molar-refractivity contribution in [3.63, 3.8) is 0 Å². The van der Waals surface area contributed by atoms with E-state index in [0.29, 0.717) is 11.3 Å². The lowest BCUT2D eigenvalue weighted by Gasteiger charge is -2.27. The fourth-order valence-corrected chi connectivity index (χ4v) is 5.01. The van der Waals surface area contributed by atoms with E-state index >= 15 is 0 Å². The summed E-state index contributed by atoms with van der Waals surface area (Å²) in [6.07, 6.45) is 2.80. The maximum absolute atomic E-state index is 12.1. The van der Waals surface area contributed by atoms with Crippen molar-refractivity contribution in [3.8, 4) is 33.0 Å². The topological polar surface area (TPSA) is 97.1 Å². The van der Waals surface area contributed by atoms with Gasteiger partial charge in [-0.05, 0) is 62.4 Å². The van der Waals surface area contributed by atoms with Gasteiger partial charge >= 0.3 is 0 Å². The minimum absolute atomic E-state index is 0.0107. The number of methoxy groups -OCH3 is 1. The average molecular weight is 463 g/mol. The number of amides is 1. The molecule has 33 heavy (non-hydrogen) atoms. The average Bonchev–Trinajstić information content (AvgIpc) is 3.29. The second kappa shape index (κ2) is 10.1. The van der Waals surface area contributed by atoms with Gasteiger partial charge in [0.25, 0.3) is 0 Å². The second-order valence-electron chi connectivity index (χ2n) is 8.22. The molecule has 170 valence electrons. The van der Waals surface area contributed by atoms with E-state index in [9.17, 15) is 10.1 Å². The van der Waals surface area contributed by atoms with E-state index in [2.05, 4.69) is 33.7 Å². The number of nitrogens with zero attached hydrogens (tertiary/aromatic N) is 3. The van der Waals surface area contributed by atoms with Crippen LogP contribution in [0.5, 0.6) is 5.75 Å². The van der Waals surface area contributed by atoms with Gasteiger partial charge in [-0.2, -0.15) is 5.26 Å². The molecule has 1 N–H and O–H groups in total. The fraction of sp³-hybridized carbons (Fsp3) is 0.360. The monoisotopic (exact) mass is 462 g/mol. The van der Waals surface area contributed by atoms with Gasteiger partial charge in [0.1, 0.15) is 28.4 Å². The lowest BCUT2D eigenvalue weighted by Crippen LogP contribution is -2.33. The lowest BCUT2D eigenvalue weighted by atomic mass is 9.85. The van der Waals surface area contributed by atoms with E-state index in [4.69, 9.17) is 9.47 Å². The Hall–Kier alpha value is -3.28. The molecular weight excluding hydrogens is 436 g/mol. The Balaban J connectivity index is 1.64. The van der Waals surface area contributed by atoms with Crippen LogP contribution in [0.4, 0.5) is 0 Å². The highest BCUT2D eigenvalue weighted by atomic mass is 32.1. The molecule has 8 heteroatoms. The predicted molar refractivity (Wildman–Crippen MR) is 127 cm³/mol. The zero-order valence-corrected chi connectivity index (χ0v) is 19.7. The van der Waals surface area contributed by atoms with Crippen LogP contribution in [0.1, 0.15) is 49.4 Å². The first-order valence-corrected chi connectivity index (χ1v) is 11.8. The van der Waals surface area contributed by atoms with Crippen LogP contribution < -0.4 is 10.1 Å².